The summed E-state index contributed by atoms with van der Waals surface area (Å²) in [7, 11) is 0. The Balaban J connectivity index is 1.24. The molecule has 4 rings (SSSR count). The van der Waals surface area contributed by atoms with Crippen molar-refractivity contribution in [3.63, 3.8) is 0 Å². The molecule has 0 fully saturated rings. The predicted octanol–water partition coefficient (Wildman–Crippen LogP) is 6.11. The molecule has 2 heterocycles. The van der Waals surface area contributed by atoms with E-state index in [0.717, 1.165) is 12.1 Å². The lowest BCUT2D eigenvalue weighted by molar-refractivity contribution is -0.396. The second kappa shape index (κ2) is 13.0. The van der Waals surface area contributed by atoms with Crippen molar-refractivity contribution >= 4 is 40.9 Å². The van der Waals surface area contributed by atoms with Gasteiger partial charge in [-0.1, -0.05) is 16.6 Å². The maximum atomic E-state index is 13.0. The predicted molar refractivity (Wildman–Crippen MR) is 146 cm³/mol. The number of nitro groups is 1. The van der Waals surface area contributed by atoms with Crippen LogP contribution in [0, 0.1) is 10.1 Å². The minimum Gasteiger partial charge on any atom is -0.456 e. The number of nitrogens with zero attached hydrogens (tertiary/aromatic N) is 4. The van der Waals surface area contributed by atoms with Crippen LogP contribution in [-0.4, -0.2) is 37.9 Å². The van der Waals surface area contributed by atoms with E-state index >= 15 is 0 Å². The van der Waals surface area contributed by atoms with Crippen molar-refractivity contribution < 1.29 is 32.4 Å². The first kappa shape index (κ1) is 29.8. The Hall–Kier alpha value is -5.18. The second-order valence-corrected chi connectivity index (χ2v) is 8.97. The van der Waals surface area contributed by atoms with Crippen molar-refractivity contribution in [2.45, 2.75) is 19.1 Å². The summed E-state index contributed by atoms with van der Waals surface area (Å²) in [4.78, 5) is 42.6. The Bertz CT molecular complexity index is 1580. The van der Waals surface area contributed by atoms with Gasteiger partial charge in [0.25, 0.3) is 5.91 Å². The molecule has 0 radical (unpaired) electrons. The number of aryl methyl sites for hydroxylation is 1. The molecule has 218 valence electrons. The maximum absolute atomic E-state index is 13.0. The van der Waals surface area contributed by atoms with Gasteiger partial charge in [0.2, 0.25) is 0 Å². The number of urea groups is 1. The van der Waals surface area contributed by atoms with Crippen LogP contribution in [0.1, 0.15) is 22.5 Å². The number of halogens is 4. The molecule has 4 aromatic rings. The molecule has 0 unspecified atom stereocenters. The lowest BCUT2D eigenvalue weighted by Crippen LogP contribution is -2.26. The monoisotopic (exact) mass is 603 g/mol. The number of benzene rings is 2. The molecule has 3 N–H and O–H groups in total. The van der Waals surface area contributed by atoms with E-state index in [1.165, 1.54) is 53.5 Å². The van der Waals surface area contributed by atoms with Gasteiger partial charge < -0.3 is 30.8 Å². The fourth-order valence-electron chi connectivity index (χ4n) is 3.62. The summed E-state index contributed by atoms with van der Waals surface area (Å²) in [6, 6.07) is 11.4. The summed E-state index contributed by atoms with van der Waals surface area (Å²) in [5, 5.41) is 17.9. The van der Waals surface area contributed by atoms with Crippen LogP contribution >= 0.6 is 11.6 Å². The average Bonchev–Trinajstić information content (AvgIpc) is 3.42. The molecule has 3 amide bonds. The molecule has 0 bridgehead atoms. The molecular formula is C26H21ClF3N7O5. The number of rotatable bonds is 10. The van der Waals surface area contributed by atoms with Gasteiger partial charge in [-0.25, -0.2) is 14.3 Å². The number of nitrogens with one attached hydrogen (secondary N) is 3. The van der Waals surface area contributed by atoms with Gasteiger partial charge in [-0.05, 0) is 65.9 Å². The van der Waals surface area contributed by atoms with E-state index in [0.29, 0.717) is 30.2 Å². The number of ether oxygens (including phenoxy) is 1. The van der Waals surface area contributed by atoms with Crippen LogP contribution in [0.5, 0.6) is 11.5 Å². The minimum absolute atomic E-state index is 0.0884. The topological polar surface area (TPSA) is 153 Å². The van der Waals surface area contributed by atoms with Crippen LogP contribution in [-0.2, 0) is 12.7 Å². The van der Waals surface area contributed by atoms with Gasteiger partial charge in [0.15, 0.2) is 0 Å². The van der Waals surface area contributed by atoms with Crippen LogP contribution in [0.2, 0.25) is 5.02 Å². The number of carbonyl (C=O) groups is 2. The molecule has 0 aliphatic rings. The summed E-state index contributed by atoms with van der Waals surface area (Å²) < 4.78 is 46.1. The molecule has 0 aliphatic heterocycles. The van der Waals surface area contributed by atoms with Crippen LogP contribution in [0.3, 0.4) is 0 Å². The van der Waals surface area contributed by atoms with Crippen molar-refractivity contribution in [1.82, 2.24) is 19.9 Å². The fraction of sp³-hybridized carbons (Fsp3) is 0.154. The van der Waals surface area contributed by atoms with Crippen molar-refractivity contribution in [1.29, 1.82) is 0 Å². The van der Waals surface area contributed by atoms with Crippen molar-refractivity contribution in [2.24, 2.45) is 0 Å². The van der Waals surface area contributed by atoms with Gasteiger partial charge in [0, 0.05) is 17.9 Å². The minimum atomic E-state index is -4.67. The second-order valence-electron chi connectivity index (χ2n) is 8.56. The summed E-state index contributed by atoms with van der Waals surface area (Å²) in [5.74, 6) is 0.0282. The molecule has 0 aliphatic carbocycles. The normalized spacial score (nSPS) is 11.0. The first-order valence-electron chi connectivity index (χ1n) is 12.1. The van der Waals surface area contributed by atoms with Crippen LogP contribution in [0.4, 0.5) is 35.3 Å². The summed E-state index contributed by atoms with van der Waals surface area (Å²) in [6.07, 6.45) is -0.0527. The van der Waals surface area contributed by atoms with Crippen LogP contribution in [0.15, 0.2) is 73.2 Å². The molecule has 12 nitrogen and oxygen atoms in total. The average molecular weight is 604 g/mol. The molecule has 42 heavy (non-hydrogen) atoms. The highest BCUT2D eigenvalue weighted by molar-refractivity contribution is 6.31. The van der Waals surface area contributed by atoms with E-state index in [-0.39, 0.29) is 23.9 Å². The van der Waals surface area contributed by atoms with E-state index in [1.54, 1.807) is 12.1 Å². The van der Waals surface area contributed by atoms with E-state index in [2.05, 4.69) is 25.9 Å². The first-order valence-corrected chi connectivity index (χ1v) is 12.5. The third-order valence-corrected chi connectivity index (χ3v) is 5.89. The van der Waals surface area contributed by atoms with Gasteiger partial charge in [0.1, 0.15) is 29.6 Å². The zero-order valence-electron chi connectivity index (χ0n) is 21.4. The molecule has 0 saturated heterocycles. The Labute approximate surface area is 240 Å². The highest BCUT2D eigenvalue weighted by atomic mass is 35.5. The lowest BCUT2D eigenvalue weighted by Gasteiger charge is -2.12. The Morgan fingerprint density at radius 2 is 1.69 bits per heavy atom. The van der Waals surface area contributed by atoms with Gasteiger partial charge >= 0.3 is 18.2 Å². The molecular weight excluding hydrogens is 583 g/mol. The highest BCUT2D eigenvalue weighted by Gasteiger charge is 2.33. The van der Waals surface area contributed by atoms with Gasteiger partial charge in [-0.2, -0.15) is 13.2 Å². The van der Waals surface area contributed by atoms with Gasteiger partial charge in [-0.3, -0.25) is 4.79 Å². The molecule has 0 saturated carbocycles. The number of imidazole rings is 1. The van der Waals surface area contributed by atoms with Crippen molar-refractivity contribution in [3.8, 4) is 11.5 Å². The van der Waals surface area contributed by atoms with E-state index in [4.69, 9.17) is 16.3 Å². The van der Waals surface area contributed by atoms with Crippen LogP contribution < -0.4 is 20.7 Å². The maximum Gasteiger partial charge on any atom is 0.434 e. The van der Waals surface area contributed by atoms with Crippen molar-refractivity contribution in [3.05, 3.63) is 99.6 Å². The van der Waals surface area contributed by atoms with Gasteiger partial charge in [-0.15, -0.1) is 0 Å². The standard InChI is InChI=1S/C26H21ClF3N7O5/c27-21-8-4-17(14-20(21)26(28,29)30)35-24(39)34-16-2-5-18(6-3-16)42-19-7-9-22(33-15-19)23(38)31-10-1-12-36-13-11-32-25(36)37(40)41/h2-9,11,13-15H,1,10,12H2,(H,31,38)(H2,34,35,39). The molecule has 0 spiro atoms. The number of anilines is 2. The largest absolute Gasteiger partial charge is 0.456 e. The summed E-state index contributed by atoms with van der Waals surface area (Å²) in [5.41, 5.74) is -0.667. The third kappa shape index (κ3) is 7.94. The summed E-state index contributed by atoms with van der Waals surface area (Å²) in [6.45, 7) is 0.571. The van der Waals surface area contributed by atoms with Crippen molar-refractivity contribution in [2.75, 3.05) is 17.2 Å². The first-order chi connectivity index (χ1) is 20.0. The zero-order chi connectivity index (χ0) is 30.3. The number of carbonyl (C=O) groups excluding carboxylic acids is 2. The third-order valence-electron chi connectivity index (χ3n) is 5.56. The molecule has 2 aromatic carbocycles. The molecule has 16 heteroatoms. The molecule has 0 atom stereocenters. The number of hydrogen-bond acceptors (Lipinski definition) is 7. The highest BCUT2D eigenvalue weighted by Crippen LogP contribution is 2.36. The Kier molecular flexibility index (Phi) is 9.22. The van der Waals surface area contributed by atoms with E-state index in [9.17, 15) is 32.9 Å². The molecule has 2 aromatic heterocycles. The van der Waals surface area contributed by atoms with Crippen LogP contribution in [0.25, 0.3) is 0 Å². The Morgan fingerprint density at radius 3 is 2.36 bits per heavy atom. The number of pyridine rings is 1. The fourth-order valence-corrected chi connectivity index (χ4v) is 3.85. The Morgan fingerprint density at radius 1 is 1.00 bits per heavy atom. The number of alkyl halides is 3. The lowest BCUT2D eigenvalue weighted by atomic mass is 10.2. The number of amides is 3. The van der Waals surface area contributed by atoms with E-state index < -0.39 is 33.6 Å². The van der Waals surface area contributed by atoms with Gasteiger partial charge in [0.05, 0.1) is 23.3 Å². The quantitative estimate of drug-likeness (QED) is 0.112. The van der Waals surface area contributed by atoms with E-state index in [1.807, 2.05) is 0 Å². The summed E-state index contributed by atoms with van der Waals surface area (Å²) >= 11 is 5.59. The number of hydrogen-bond donors (Lipinski definition) is 3. The zero-order valence-corrected chi connectivity index (χ0v) is 22.1. The smallest absolute Gasteiger partial charge is 0.434 e. The number of aromatic nitrogens is 3. The SMILES string of the molecule is O=C(Nc1ccc(Oc2ccc(C(=O)NCCCn3ccnc3[N+](=O)[O-])nc2)cc1)Nc1ccc(Cl)c(C(F)(F)F)c1.